The van der Waals surface area contributed by atoms with Gasteiger partial charge in [-0.15, -0.1) is 0 Å². The number of halogens is 1. The molecule has 0 aromatic heterocycles. The minimum absolute atomic E-state index is 0.336. The van der Waals surface area contributed by atoms with Gasteiger partial charge in [0.05, 0.1) is 5.25 Å². The van der Waals surface area contributed by atoms with Crippen molar-refractivity contribution in [2.24, 2.45) is 0 Å². The third-order valence-corrected chi connectivity index (χ3v) is 4.91. The van der Waals surface area contributed by atoms with Gasteiger partial charge in [0.25, 0.3) is 0 Å². The lowest BCUT2D eigenvalue weighted by molar-refractivity contribution is 0.499. The summed E-state index contributed by atoms with van der Waals surface area (Å²) in [6.45, 7) is 2.94. The molecule has 1 aromatic rings. The Morgan fingerprint density at radius 2 is 2.22 bits per heavy atom. The van der Waals surface area contributed by atoms with E-state index in [1.54, 1.807) is 6.92 Å². The maximum atomic E-state index is 13.1. The number of hydrogen-bond donors (Lipinski definition) is 2. The minimum Gasteiger partial charge on any atom is -0.315 e. The summed E-state index contributed by atoms with van der Waals surface area (Å²) in [5.41, 5.74) is 0.844. The highest BCUT2D eigenvalue weighted by Crippen LogP contribution is 2.18. The van der Waals surface area contributed by atoms with Crippen molar-refractivity contribution in [1.29, 1.82) is 0 Å². The Balaban J connectivity index is 2.13. The fourth-order valence-corrected chi connectivity index (χ4v) is 3.48. The van der Waals surface area contributed by atoms with Crippen LogP contribution in [-0.2, 0) is 10.0 Å². The van der Waals surface area contributed by atoms with Gasteiger partial charge in [0, 0.05) is 12.2 Å². The molecule has 1 aliphatic rings. The van der Waals surface area contributed by atoms with Crippen LogP contribution in [-0.4, -0.2) is 26.8 Å². The third-order valence-electron chi connectivity index (χ3n) is 3.11. The number of aryl methyl sites for hydroxylation is 1. The lowest BCUT2D eigenvalue weighted by Gasteiger charge is -2.23. The van der Waals surface area contributed by atoms with Crippen LogP contribution in [0.2, 0.25) is 0 Å². The Bertz CT molecular complexity index is 525. The Morgan fingerprint density at radius 3 is 2.83 bits per heavy atom. The largest absolute Gasteiger partial charge is 0.315 e. The van der Waals surface area contributed by atoms with E-state index >= 15 is 0 Å². The SMILES string of the molecule is Cc1cc(NS(=O)(=O)C2CCCNC2)ccc1F. The van der Waals surface area contributed by atoms with Gasteiger partial charge in [-0.3, -0.25) is 4.72 Å². The Hall–Kier alpha value is -1.14. The summed E-state index contributed by atoms with van der Waals surface area (Å²) in [6.07, 6.45) is 1.51. The number of rotatable bonds is 3. The van der Waals surface area contributed by atoms with Crippen LogP contribution >= 0.6 is 0 Å². The smallest absolute Gasteiger partial charge is 0.236 e. The normalized spacial score (nSPS) is 20.7. The van der Waals surface area contributed by atoms with Crippen LogP contribution in [0.25, 0.3) is 0 Å². The van der Waals surface area contributed by atoms with Crippen LogP contribution in [0.4, 0.5) is 10.1 Å². The number of hydrogen-bond acceptors (Lipinski definition) is 3. The molecule has 1 unspecified atom stereocenters. The highest BCUT2D eigenvalue weighted by molar-refractivity contribution is 7.93. The van der Waals surface area contributed by atoms with Crippen molar-refractivity contribution in [1.82, 2.24) is 5.32 Å². The summed E-state index contributed by atoms with van der Waals surface area (Å²) >= 11 is 0. The summed E-state index contributed by atoms with van der Waals surface area (Å²) in [6, 6.07) is 4.21. The van der Waals surface area contributed by atoms with Crippen LogP contribution in [0, 0.1) is 12.7 Å². The minimum atomic E-state index is -3.40. The van der Waals surface area contributed by atoms with Gasteiger partial charge in [-0.1, -0.05) is 0 Å². The third kappa shape index (κ3) is 3.00. The van der Waals surface area contributed by atoms with Gasteiger partial charge in [-0.05, 0) is 50.1 Å². The molecule has 6 heteroatoms. The molecule has 1 aromatic carbocycles. The van der Waals surface area contributed by atoms with E-state index in [2.05, 4.69) is 10.0 Å². The Labute approximate surface area is 107 Å². The predicted octanol–water partition coefficient (Wildman–Crippen LogP) is 1.63. The summed E-state index contributed by atoms with van der Waals surface area (Å²) in [4.78, 5) is 0. The molecule has 0 spiro atoms. The number of benzene rings is 1. The Morgan fingerprint density at radius 1 is 1.44 bits per heavy atom. The van der Waals surface area contributed by atoms with Crippen molar-refractivity contribution in [2.75, 3.05) is 17.8 Å². The van der Waals surface area contributed by atoms with Crippen molar-refractivity contribution in [3.05, 3.63) is 29.6 Å². The molecule has 100 valence electrons. The topological polar surface area (TPSA) is 58.2 Å². The van der Waals surface area contributed by atoms with Crippen LogP contribution in [0.15, 0.2) is 18.2 Å². The standard InChI is InChI=1S/C12H17FN2O2S/c1-9-7-10(4-5-12(9)13)15-18(16,17)11-3-2-6-14-8-11/h4-5,7,11,14-15H,2-3,6,8H2,1H3. The quantitative estimate of drug-likeness (QED) is 0.879. The maximum absolute atomic E-state index is 13.1. The van der Waals surface area contributed by atoms with Gasteiger partial charge in [-0.2, -0.15) is 0 Å². The summed E-state index contributed by atoms with van der Waals surface area (Å²) < 4.78 is 39.8. The molecule has 1 heterocycles. The molecule has 0 saturated carbocycles. The first-order chi connectivity index (χ1) is 8.49. The second kappa shape index (κ2) is 5.24. The van der Waals surface area contributed by atoms with Crippen molar-refractivity contribution >= 4 is 15.7 Å². The molecule has 2 rings (SSSR count). The molecule has 0 amide bonds. The van der Waals surface area contributed by atoms with Gasteiger partial charge in [-0.25, -0.2) is 12.8 Å². The molecule has 1 saturated heterocycles. The van der Waals surface area contributed by atoms with E-state index in [9.17, 15) is 12.8 Å². The highest BCUT2D eigenvalue weighted by atomic mass is 32.2. The zero-order valence-electron chi connectivity index (χ0n) is 10.2. The average molecular weight is 272 g/mol. The molecular weight excluding hydrogens is 255 g/mol. The van der Waals surface area contributed by atoms with Gasteiger partial charge in [0.2, 0.25) is 10.0 Å². The first-order valence-electron chi connectivity index (χ1n) is 5.97. The number of anilines is 1. The summed E-state index contributed by atoms with van der Waals surface area (Å²) in [7, 11) is -3.40. The number of piperidine rings is 1. The van der Waals surface area contributed by atoms with E-state index in [1.807, 2.05) is 0 Å². The average Bonchev–Trinajstić information content (AvgIpc) is 2.35. The second-order valence-electron chi connectivity index (χ2n) is 4.58. The lowest BCUT2D eigenvalue weighted by Crippen LogP contribution is -2.41. The fraction of sp³-hybridized carbons (Fsp3) is 0.500. The monoisotopic (exact) mass is 272 g/mol. The molecule has 0 radical (unpaired) electrons. The molecule has 0 bridgehead atoms. The molecule has 1 aliphatic heterocycles. The van der Waals surface area contributed by atoms with Gasteiger partial charge in [0.15, 0.2) is 0 Å². The van der Waals surface area contributed by atoms with E-state index < -0.39 is 15.3 Å². The first kappa shape index (κ1) is 13.3. The zero-order valence-corrected chi connectivity index (χ0v) is 11.1. The van der Waals surface area contributed by atoms with E-state index in [4.69, 9.17) is 0 Å². The molecule has 1 fully saturated rings. The Kier molecular flexibility index (Phi) is 3.87. The van der Waals surface area contributed by atoms with E-state index in [0.717, 1.165) is 13.0 Å². The summed E-state index contributed by atoms with van der Waals surface area (Å²) in [5, 5.41) is 2.65. The summed E-state index contributed by atoms with van der Waals surface area (Å²) in [5.74, 6) is -0.336. The van der Waals surface area contributed by atoms with Crippen molar-refractivity contribution in [3.63, 3.8) is 0 Å². The predicted molar refractivity (Wildman–Crippen MR) is 69.6 cm³/mol. The first-order valence-corrected chi connectivity index (χ1v) is 7.52. The van der Waals surface area contributed by atoms with Crippen LogP contribution in [0.5, 0.6) is 0 Å². The fourth-order valence-electron chi connectivity index (χ4n) is 2.04. The molecule has 1 atom stereocenters. The molecule has 18 heavy (non-hydrogen) atoms. The van der Waals surface area contributed by atoms with E-state index in [-0.39, 0.29) is 5.82 Å². The highest BCUT2D eigenvalue weighted by Gasteiger charge is 2.27. The van der Waals surface area contributed by atoms with Gasteiger partial charge >= 0.3 is 0 Å². The van der Waals surface area contributed by atoms with E-state index in [1.165, 1.54) is 18.2 Å². The van der Waals surface area contributed by atoms with E-state index in [0.29, 0.717) is 24.2 Å². The van der Waals surface area contributed by atoms with Crippen molar-refractivity contribution in [3.8, 4) is 0 Å². The lowest BCUT2D eigenvalue weighted by atomic mass is 10.2. The van der Waals surface area contributed by atoms with Gasteiger partial charge < -0.3 is 5.32 Å². The molecule has 0 aliphatic carbocycles. The van der Waals surface area contributed by atoms with Crippen molar-refractivity contribution < 1.29 is 12.8 Å². The van der Waals surface area contributed by atoms with Crippen LogP contribution < -0.4 is 10.0 Å². The number of nitrogens with one attached hydrogen (secondary N) is 2. The second-order valence-corrected chi connectivity index (χ2v) is 6.54. The van der Waals surface area contributed by atoms with Crippen molar-refractivity contribution in [2.45, 2.75) is 25.0 Å². The number of sulfonamides is 1. The molecular formula is C12H17FN2O2S. The molecule has 2 N–H and O–H groups in total. The van der Waals surface area contributed by atoms with Crippen LogP contribution in [0.3, 0.4) is 0 Å². The zero-order chi connectivity index (χ0) is 13.2. The molecule has 4 nitrogen and oxygen atoms in total. The van der Waals surface area contributed by atoms with Gasteiger partial charge in [0.1, 0.15) is 5.82 Å². The maximum Gasteiger partial charge on any atom is 0.236 e. The van der Waals surface area contributed by atoms with Crippen LogP contribution in [0.1, 0.15) is 18.4 Å².